The van der Waals surface area contributed by atoms with Crippen LogP contribution >= 0.6 is 0 Å². The molecule has 0 saturated heterocycles. The topological polar surface area (TPSA) is 149 Å². The van der Waals surface area contributed by atoms with Crippen LogP contribution in [0.1, 0.15) is 41.4 Å². The second-order valence-corrected chi connectivity index (χ2v) is 6.42. The molecular weight excluding hydrogens is 411 g/mol. The van der Waals surface area contributed by atoms with Crippen molar-refractivity contribution in [2.45, 2.75) is 0 Å². The first-order valence-corrected chi connectivity index (χ1v) is 8.62. The van der Waals surface area contributed by atoms with Gasteiger partial charge in [0.15, 0.2) is 0 Å². The van der Waals surface area contributed by atoms with Gasteiger partial charge in [-0.1, -0.05) is 30.3 Å². The zero-order valence-electron chi connectivity index (χ0n) is 15.5. The number of carboxylic acid groups (broad SMARTS) is 4. The van der Waals surface area contributed by atoms with Crippen molar-refractivity contribution in [1.82, 2.24) is 0 Å². The van der Waals surface area contributed by atoms with Gasteiger partial charge in [0.1, 0.15) is 11.4 Å². The molecule has 0 unspecified atom stereocenters. The lowest BCUT2D eigenvalue weighted by Crippen LogP contribution is -2.12. The smallest absolute Gasteiger partial charge is 0.339 e. The molecule has 156 valence electrons. The lowest BCUT2D eigenvalue weighted by molar-refractivity contribution is 0.0675. The zero-order valence-corrected chi connectivity index (χ0v) is 15.5. The summed E-state index contributed by atoms with van der Waals surface area (Å²) in [7, 11) is 0. The Bertz CT molecular complexity index is 1220. The molecule has 8 nitrogen and oxygen atoms in total. The largest absolute Gasteiger partial charge is 0.478 e. The first-order valence-electron chi connectivity index (χ1n) is 8.62. The van der Waals surface area contributed by atoms with Gasteiger partial charge >= 0.3 is 23.9 Å². The summed E-state index contributed by atoms with van der Waals surface area (Å²) in [6.07, 6.45) is 0. The third-order valence-corrected chi connectivity index (χ3v) is 4.51. The Kier molecular flexibility index (Phi) is 5.52. The molecule has 0 aromatic heterocycles. The molecule has 0 fully saturated rings. The SMILES string of the molecule is O=C(O)c1cc(C(=O)O)cc(-c2cc(C(=O)O)c(-c3ccccc3)c(C(=O)O)c2F)c1. The molecule has 0 radical (unpaired) electrons. The molecule has 3 rings (SSSR count). The fraction of sp³-hybridized carbons (Fsp3) is 0. The van der Waals surface area contributed by atoms with Crippen LogP contribution in [0.5, 0.6) is 0 Å². The van der Waals surface area contributed by atoms with Crippen LogP contribution < -0.4 is 0 Å². The number of hydrogen-bond acceptors (Lipinski definition) is 4. The molecule has 0 heterocycles. The summed E-state index contributed by atoms with van der Waals surface area (Å²) in [6.45, 7) is 0. The van der Waals surface area contributed by atoms with Crippen LogP contribution in [-0.4, -0.2) is 44.3 Å². The first kappa shape index (κ1) is 21.2. The molecule has 4 N–H and O–H groups in total. The van der Waals surface area contributed by atoms with Gasteiger partial charge in [-0.05, 0) is 35.4 Å². The number of carboxylic acids is 4. The predicted molar refractivity (Wildman–Crippen MR) is 105 cm³/mol. The molecule has 31 heavy (non-hydrogen) atoms. The maximum absolute atomic E-state index is 15.4. The van der Waals surface area contributed by atoms with Crippen molar-refractivity contribution in [1.29, 1.82) is 0 Å². The number of carbonyl (C=O) groups is 4. The van der Waals surface area contributed by atoms with Crippen molar-refractivity contribution in [3.05, 3.63) is 82.7 Å². The van der Waals surface area contributed by atoms with E-state index >= 15 is 4.39 Å². The fourth-order valence-electron chi connectivity index (χ4n) is 3.17. The number of rotatable bonds is 6. The van der Waals surface area contributed by atoms with Crippen molar-refractivity contribution >= 4 is 23.9 Å². The van der Waals surface area contributed by atoms with Gasteiger partial charge < -0.3 is 20.4 Å². The first-order chi connectivity index (χ1) is 14.6. The van der Waals surface area contributed by atoms with Gasteiger partial charge in [0.05, 0.1) is 16.7 Å². The molecule has 0 aliphatic heterocycles. The summed E-state index contributed by atoms with van der Waals surface area (Å²) in [5.41, 5.74) is -3.52. The standard InChI is InChI=1S/C22H13FO8/c23-18-14(11-6-12(19(24)25)8-13(7-11)20(26)27)9-15(21(28)29)16(17(18)22(30)31)10-4-2-1-3-5-10/h1-9H,(H,24,25)(H,26,27)(H,28,29)(H,30,31). The highest BCUT2D eigenvalue weighted by molar-refractivity contribution is 6.07. The maximum Gasteiger partial charge on any atom is 0.339 e. The van der Waals surface area contributed by atoms with E-state index in [-0.39, 0.29) is 16.7 Å². The van der Waals surface area contributed by atoms with Crippen molar-refractivity contribution in [2.24, 2.45) is 0 Å². The summed E-state index contributed by atoms with van der Waals surface area (Å²) < 4.78 is 15.4. The molecule has 0 spiro atoms. The Hall–Kier alpha value is -4.53. The van der Waals surface area contributed by atoms with Crippen molar-refractivity contribution in [2.75, 3.05) is 0 Å². The van der Waals surface area contributed by atoms with Gasteiger partial charge in [-0.25, -0.2) is 23.6 Å². The van der Waals surface area contributed by atoms with Crippen LogP contribution in [0, 0.1) is 5.82 Å². The summed E-state index contributed by atoms with van der Waals surface area (Å²) in [4.78, 5) is 46.5. The molecule has 0 atom stereocenters. The Morgan fingerprint density at radius 2 is 1.19 bits per heavy atom. The highest BCUT2D eigenvalue weighted by Gasteiger charge is 2.28. The minimum Gasteiger partial charge on any atom is -0.478 e. The van der Waals surface area contributed by atoms with Gasteiger partial charge in [-0.3, -0.25) is 0 Å². The molecule has 0 aliphatic carbocycles. The van der Waals surface area contributed by atoms with Crippen LogP contribution in [0.15, 0.2) is 54.6 Å². The van der Waals surface area contributed by atoms with E-state index in [4.69, 9.17) is 0 Å². The maximum atomic E-state index is 15.4. The Balaban J connectivity index is 2.44. The lowest BCUT2D eigenvalue weighted by atomic mass is 9.88. The predicted octanol–water partition coefficient (Wildman–Crippen LogP) is 3.95. The monoisotopic (exact) mass is 424 g/mol. The third kappa shape index (κ3) is 3.97. The van der Waals surface area contributed by atoms with Crippen LogP contribution in [-0.2, 0) is 0 Å². The zero-order chi connectivity index (χ0) is 22.9. The van der Waals surface area contributed by atoms with E-state index < -0.39 is 57.5 Å². The molecule has 3 aromatic carbocycles. The normalized spacial score (nSPS) is 10.5. The molecular formula is C22H13FO8. The number of aromatic carboxylic acids is 4. The average Bonchev–Trinajstić information content (AvgIpc) is 2.73. The average molecular weight is 424 g/mol. The highest BCUT2D eigenvalue weighted by Crippen LogP contribution is 2.36. The third-order valence-electron chi connectivity index (χ3n) is 4.51. The van der Waals surface area contributed by atoms with Crippen molar-refractivity contribution in [3.8, 4) is 22.3 Å². The van der Waals surface area contributed by atoms with E-state index in [1.54, 1.807) is 6.07 Å². The van der Waals surface area contributed by atoms with E-state index in [9.17, 15) is 39.6 Å². The fourth-order valence-corrected chi connectivity index (χ4v) is 3.17. The Labute approximate surface area is 173 Å². The number of benzene rings is 3. The molecule has 0 bridgehead atoms. The minimum absolute atomic E-state index is 0.147. The minimum atomic E-state index is -1.74. The molecule has 3 aromatic rings. The van der Waals surface area contributed by atoms with E-state index in [1.807, 2.05) is 0 Å². The van der Waals surface area contributed by atoms with Gasteiger partial charge in [-0.15, -0.1) is 0 Å². The highest BCUT2D eigenvalue weighted by atomic mass is 19.1. The number of hydrogen-bond donors (Lipinski definition) is 4. The van der Waals surface area contributed by atoms with Gasteiger partial charge in [0.25, 0.3) is 0 Å². The summed E-state index contributed by atoms with van der Waals surface area (Å²) in [5.74, 6) is -7.61. The summed E-state index contributed by atoms with van der Waals surface area (Å²) in [6, 6.07) is 11.1. The van der Waals surface area contributed by atoms with Crippen LogP contribution in [0.2, 0.25) is 0 Å². The Morgan fingerprint density at radius 1 is 0.645 bits per heavy atom. The quantitative estimate of drug-likeness (QED) is 0.465. The van der Waals surface area contributed by atoms with Gasteiger partial charge in [0.2, 0.25) is 0 Å². The van der Waals surface area contributed by atoms with E-state index in [2.05, 4.69) is 0 Å². The van der Waals surface area contributed by atoms with E-state index in [1.165, 1.54) is 24.3 Å². The van der Waals surface area contributed by atoms with Gasteiger partial charge in [0, 0.05) is 11.1 Å². The summed E-state index contributed by atoms with van der Waals surface area (Å²) >= 11 is 0. The molecule has 0 aliphatic rings. The molecule has 0 amide bonds. The van der Waals surface area contributed by atoms with Crippen molar-refractivity contribution in [3.63, 3.8) is 0 Å². The molecule has 0 saturated carbocycles. The van der Waals surface area contributed by atoms with E-state index in [0.29, 0.717) is 0 Å². The van der Waals surface area contributed by atoms with E-state index in [0.717, 1.165) is 24.3 Å². The lowest BCUT2D eigenvalue weighted by Gasteiger charge is -2.16. The Morgan fingerprint density at radius 3 is 1.65 bits per heavy atom. The second kappa shape index (κ2) is 8.07. The summed E-state index contributed by atoms with van der Waals surface area (Å²) in [5, 5.41) is 37.8. The van der Waals surface area contributed by atoms with Crippen LogP contribution in [0.3, 0.4) is 0 Å². The number of halogens is 1. The van der Waals surface area contributed by atoms with Crippen LogP contribution in [0.4, 0.5) is 4.39 Å². The van der Waals surface area contributed by atoms with Crippen LogP contribution in [0.25, 0.3) is 22.3 Å². The second-order valence-electron chi connectivity index (χ2n) is 6.42. The van der Waals surface area contributed by atoms with Gasteiger partial charge in [-0.2, -0.15) is 0 Å². The van der Waals surface area contributed by atoms with Crippen molar-refractivity contribution < 1.29 is 44.0 Å². The molecule has 9 heteroatoms.